The first kappa shape index (κ1) is 15.4. The molecule has 1 aromatic rings. The largest absolute Gasteiger partial charge is 0.469 e. The molecule has 2 N–H and O–H groups in total. The average molecular weight is 316 g/mol. The van der Waals surface area contributed by atoms with Gasteiger partial charge in [0.25, 0.3) is 10.0 Å². The van der Waals surface area contributed by atoms with Crippen LogP contribution in [0.25, 0.3) is 0 Å². The summed E-state index contributed by atoms with van der Waals surface area (Å²) in [6, 6.07) is 0. The summed E-state index contributed by atoms with van der Waals surface area (Å²) in [6.45, 7) is 2.93. The van der Waals surface area contributed by atoms with Crippen molar-refractivity contribution in [2.45, 2.75) is 25.2 Å². The summed E-state index contributed by atoms with van der Waals surface area (Å²) < 4.78 is 30.5. The van der Waals surface area contributed by atoms with Crippen molar-refractivity contribution in [1.29, 1.82) is 0 Å². The van der Waals surface area contributed by atoms with Gasteiger partial charge in [0.05, 0.1) is 24.4 Å². The molecule has 1 aliphatic heterocycles. The zero-order valence-electron chi connectivity index (χ0n) is 11.8. The van der Waals surface area contributed by atoms with Crippen molar-refractivity contribution in [2.75, 3.05) is 13.7 Å². The Hall–Kier alpha value is -1.94. The van der Waals surface area contributed by atoms with E-state index in [0.29, 0.717) is 11.4 Å². The van der Waals surface area contributed by atoms with Crippen LogP contribution < -0.4 is 5.43 Å². The van der Waals surface area contributed by atoms with E-state index in [1.54, 1.807) is 13.8 Å². The maximum Gasteiger partial charge on any atom is 0.310 e. The first-order valence-electron chi connectivity index (χ1n) is 6.19. The van der Waals surface area contributed by atoms with E-state index < -0.39 is 27.8 Å². The summed E-state index contributed by atoms with van der Waals surface area (Å²) in [6.07, 6.45) is -0.109. The number of hydrogen-bond acceptors (Lipinski definition) is 6. The number of methoxy groups -OCH3 is 1. The topological polar surface area (TPSA) is 121 Å². The summed E-state index contributed by atoms with van der Waals surface area (Å²) in [5.41, 5.74) is 2.92. The van der Waals surface area contributed by atoms with Crippen LogP contribution in [0.5, 0.6) is 0 Å². The molecule has 10 heteroatoms. The van der Waals surface area contributed by atoms with Crippen molar-refractivity contribution in [3.63, 3.8) is 0 Å². The Morgan fingerprint density at radius 1 is 1.43 bits per heavy atom. The highest BCUT2D eigenvalue weighted by Crippen LogP contribution is 2.24. The van der Waals surface area contributed by atoms with E-state index in [0.717, 1.165) is 4.41 Å². The number of carbonyl (C=O) groups is 2. The molecule has 1 amide bonds. The normalized spacial score (nSPS) is 20.1. The van der Waals surface area contributed by atoms with Gasteiger partial charge in [0, 0.05) is 13.0 Å². The number of carbonyl (C=O) groups excluding carboxylic acids is 2. The zero-order chi connectivity index (χ0) is 15.8. The highest BCUT2D eigenvalue weighted by Gasteiger charge is 2.39. The van der Waals surface area contributed by atoms with Gasteiger partial charge in [0.1, 0.15) is 4.90 Å². The predicted octanol–water partition coefficient (Wildman–Crippen LogP) is -0.759. The summed E-state index contributed by atoms with van der Waals surface area (Å²) in [7, 11) is -2.80. The average Bonchev–Trinajstić information content (AvgIpc) is 2.77. The quantitative estimate of drug-likeness (QED) is 0.707. The molecule has 0 aliphatic carbocycles. The number of aromatic amines is 1. The number of sulfonamides is 1. The molecule has 1 aliphatic rings. The monoisotopic (exact) mass is 316 g/mol. The van der Waals surface area contributed by atoms with E-state index in [1.165, 1.54) is 7.11 Å². The SMILES string of the molecule is COC(=O)C1CC(=O)NN(S(=O)(=O)c2c(C)n[nH]c2C)C1. The van der Waals surface area contributed by atoms with Crippen LogP contribution in [-0.4, -0.2) is 48.6 Å². The number of hydrogen-bond donors (Lipinski definition) is 2. The summed E-state index contributed by atoms with van der Waals surface area (Å²) in [5, 5.41) is 6.41. The summed E-state index contributed by atoms with van der Waals surface area (Å²) in [4.78, 5) is 23.2. The maximum absolute atomic E-state index is 12.6. The number of esters is 1. The number of aryl methyl sites for hydroxylation is 2. The lowest BCUT2D eigenvalue weighted by Crippen LogP contribution is -2.54. The van der Waals surface area contributed by atoms with Crippen LogP contribution in [0.15, 0.2) is 4.90 Å². The standard InChI is InChI=1S/C11H16N4O5S/c1-6-10(7(2)13-12-6)21(18,19)15-5-8(11(17)20-3)4-9(16)14-15/h8H,4-5H2,1-3H3,(H,12,13)(H,14,16). The van der Waals surface area contributed by atoms with Crippen LogP contribution in [0.2, 0.25) is 0 Å². The van der Waals surface area contributed by atoms with E-state index in [4.69, 9.17) is 0 Å². The molecule has 2 heterocycles. The lowest BCUT2D eigenvalue weighted by molar-refractivity contribution is -0.150. The van der Waals surface area contributed by atoms with Gasteiger partial charge in [-0.25, -0.2) is 8.42 Å². The lowest BCUT2D eigenvalue weighted by Gasteiger charge is -2.30. The molecule has 1 unspecified atom stereocenters. The molecule has 1 aromatic heterocycles. The minimum absolute atomic E-state index is 0.00619. The number of aromatic nitrogens is 2. The molecule has 1 saturated heterocycles. The van der Waals surface area contributed by atoms with Gasteiger partial charge in [-0.3, -0.25) is 20.1 Å². The van der Waals surface area contributed by atoms with Gasteiger partial charge in [0.15, 0.2) is 0 Å². The molecule has 21 heavy (non-hydrogen) atoms. The lowest BCUT2D eigenvalue weighted by atomic mass is 10.0. The third kappa shape index (κ3) is 2.76. The maximum atomic E-state index is 12.6. The van der Waals surface area contributed by atoms with E-state index in [9.17, 15) is 18.0 Å². The van der Waals surface area contributed by atoms with Gasteiger partial charge in [-0.2, -0.15) is 5.10 Å². The van der Waals surface area contributed by atoms with Crippen molar-refractivity contribution in [1.82, 2.24) is 20.0 Å². The van der Waals surface area contributed by atoms with Crippen LogP contribution in [0.4, 0.5) is 0 Å². The molecule has 1 fully saturated rings. The molecular weight excluding hydrogens is 300 g/mol. The number of hydrazine groups is 1. The Morgan fingerprint density at radius 2 is 2.10 bits per heavy atom. The van der Waals surface area contributed by atoms with Gasteiger partial charge in [-0.15, -0.1) is 4.41 Å². The van der Waals surface area contributed by atoms with Crippen LogP contribution in [0.3, 0.4) is 0 Å². The highest BCUT2D eigenvalue weighted by atomic mass is 32.2. The van der Waals surface area contributed by atoms with Crippen LogP contribution >= 0.6 is 0 Å². The first-order valence-corrected chi connectivity index (χ1v) is 7.63. The van der Waals surface area contributed by atoms with Crippen molar-refractivity contribution < 1.29 is 22.7 Å². The fourth-order valence-corrected chi connectivity index (χ4v) is 3.90. The smallest absolute Gasteiger partial charge is 0.310 e. The number of nitrogens with one attached hydrogen (secondary N) is 2. The van der Waals surface area contributed by atoms with Crippen molar-refractivity contribution in [2.24, 2.45) is 5.92 Å². The fraction of sp³-hybridized carbons (Fsp3) is 0.545. The van der Waals surface area contributed by atoms with Crippen molar-refractivity contribution in [3.05, 3.63) is 11.4 Å². The molecule has 2 rings (SSSR count). The summed E-state index contributed by atoms with van der Waals surface area (Å²) >= 11 is 0. The van der Waals surface area contributed by atoms with E-state index in [1.807, 2.05) is 0 Å². The molecular formula is C11H16N4O5S. The molecule has 116 valence electrons. The third-order valence-electron chi connectivity index (χ3n) is 3.21. The number of nitrogens with zero attached hydrogens (tertiary/aromatic N) is 2. The molecule has 1 atom stereocenters. The Bertz CT molecular complexity index is 661. The molecule has 0 radical (unpaired) electrons. The number of H-pyrrole nitrogens is 1. The van der Waals surface area contributed by atoms with Gasteiger partial charge in [-0.1, -0.05) is 0 Å². The number of amides is 1. The molecule has 9 nitrogen and oxygen atoms in total. The van der Waals surface area contributed by atoms with Crippen molar-refractivity contribution in [3.8, 4) is 0 Å². The molecule has 0 saturated carbocycles. The van der Waals surface area contributed by atoms with Gasteiger partial charge < -0.3 is 4.74 Å². The highest BCUT2D eigenvalue weighted by molar-refractivity contribution is 7.89. The Labute approximate surface area is 121 Å². The third-order valence-corrected chi connectivity index (χ3v) is 5.15. The Balaban J connectivity index is 2.36. The minimum Gasteiger partial charge on any atom is -0.469 e. The van der Waals surface area contributed by atoms with E-state index in [-0.39, 0.29) is 17.9 Å². The van der Waals surface area contributed by atoms with Gasteiger partial charge in [-0.05, 0) is 13.8 Å². The fourth-order valence-electron chi connectivity index (χ4n) is 2.23. The molecule has 0 spiro atoms. The Morgan fingerprint density at radius 3 is 2.62 bits per heavy atom. The van der Waals surface area contributed by atoms with Crippen molar-refractivity contribution >= 4 is 21.9 Å². The zero-order valence-corrected chi connectivity index (χ0v) is 12.7. The second-order valence-corrected chi connectivity index (χ2v) is 6.56. The molecule has 0 aromatic carbocycles. The van der Waals surface area contributed by atoms with Crippen LogP contribution in [0, 0.1) is 19.8 Å². The number of ether oxygens (including phenoxy) is 1. The minimum atomic E-state index is -3.99. The van der Waals surface area contributed by atoms with E-state index in [2.05, 4.69) is 20.4 Å². The Kier molecular flexibility index (Phi) is 4.01. The first-order chi connectivity index (χ1) is 9.77. The second-order valence-electron chi connectivity index (χ2n) is 4.76. The van der Waals surface area contributed by atoms with Crippen LogP contribution in [-0.2, 0) is 24.3 Å². The van der Waals surface area contributed by atoms with Gasteiger partial charge >= 0.3 is 5.97 Å². The van der Waals surface area contributed by atoms with Crippen LogP contribution in [0.1, 0.15) is 17.8 Å². The predicted molar refractivity (Wildman–Crippen MR) is 70.2 cm³/mol. The number of rotatable bonds is 3. The summed E-state index contributed by atoms with van der Waals surface area (Å²) in [5.74, 6) is -2.00. The second kappa shape index (κ2) is 5.45. The molecule has 0 bridgehead atoms. The van der Waals surface area contributed by atoms with Gasteiger partial charge in [0.2, 0.25) is 5.91 Å². The van der Waals surface area contributed by atoms with E-state index >= 15 is 0 Å².